The van der Waals surface area contributed by atoms with E-state index in [0.29, 0.717) is 12.2 Å². The summed E-state index contributed by atoms with van der Waals surface area (Å²) in [4.78, 5) is 22.7. The topological polar surface area (TPSA) is 87.7 Å². The van der Waals surface area contributed by atoms with Crippen molar-refractivity contribution < 1.29 is 19.4 Å². The Kier molecular flexibility index (Phi) is 7.01. The Morgan fingerprint density at radius 1 is 1.47 bits per heavy atom. The van der Waals surface area contributed by atoms with Crippen LogP contribution in [0.3, 0.4) is 0 Å². The lowest BCUT2D eigenvalue weighted by atomic mass is 10.2. The molecule has 1 saturated carbocycles. The molecule has 7 heteroatoms. The van der Waals surface area contributed by atoms with Crippen LogP contribution in [0.15, 0.2) is 0 Å². The second-order valence-corrected chi connectivity index (χ2v) is 5.64. The van der Waals surface area contributed by atoms with Crippen LogP contribution in [0, 0.1) is 0 Å². The number of rotatable bonds is 7. The molecule has 3 N–H and O–H groups in total. The van der Waals surface area contributed by atoms with E-state index in [0.717, 1.165) is 19.3 Å². The van der Waals surface area contributed by atoms with Crippen molar-refractivity contribution in [3.05, 3.63) is 0 Å². The number of hydrogen-bond donors (Lipinski definition) is 3. The maximum Gasteiger partial charge on any atom is 0.326 e. The lowest BCUT2D eigenvalue weighted by molar-refractivity contribution is -0.139. The first-order valence-corrected chi connectivity index (χ1v) is 7.77. The summed E-state index contributed by atoms with van der Waals surface area (Å²) in [6.45, 7) is 0. The highest BCUT2D eigenvalue weighted by Gasteiger charge is 2.27. The van der Waals surface area contributed by atoms with E-state index in [4.69, 9.17) is 9.84 Å². The minimum absolute atomic E-state index is 0.0694. The molecule has 0 radical (unpaired) electrons. The molecule has 1 fully saturated rings. The maximum atomic E-state index is 11.7. The van der Waals surface area contributed by atoms with Crippen LogP contribution >= 0.6 is 11.8 Å². The molecule has 0 spiro atoms. The average molecular weight is 290 g/mol. The van der Waals surface area contributed by atoms with Crippen LogP contribution in [0.25, 0.3) is 0 Å². The van der Waals surface area contributed by atoms with Crippen LogP contribution in [-0.4, -0.2) is 54.4 Å². The average Bonchev–Trinajstić information content (AvgIpc) is 2.81. The number of hydrogen-bond acceptors (Lipinski definition) is 4. The quantitative estimate of drug-likeness (QED) is 0.652. The molecule has 2 unspecified atom stereocenters. The lowest BCUT2D eigenvalue weighted by Crippen LogP contribution is -2.48. The number of aliphatic carboxylic acids is 1. The Morgan fingerprint density at radius 3 is 2.74 bits per heavy atom. The number of thioether (sulfide) groups is 1. The number of carbonyl (C=O) groups excluding carboxylic acids is 1. The summed E-state index contributed by atoms with van der Waals surface area (Å²) in [6, 6.07) is -1.16. The van der Waals surface area contributed by atoms with Gasteiger partial charge < -0.3 is 20.5 Å². The summed E-state index contributed by atoms with van der Waals surface area (Å²) in [7, 11) is 1.66. The van der Waals surface area contributed by atoms with Gasteiger partial charge in [0.25, 0.3) is 0 Å². The van der Waals surface area contributed by atoms with E-state index in [9.17, 15) is 9.59 Å². The van der Waals surface area contributed by atoms with Gasteiger partial charge in [0.2, 0.25) is 0 Å². The first-order chi connectivity index (χ1) is 9.06. The molecule has 6 nitrogen and oxygen atoms in total. The SMILES string of the molecule is COC1CCC(NC(=O)N[C@@H](CCSC)C(=O)O)C1. The van der Waals surface area contributed by atoms with Gasteiger partial charge in [0.05, 0.1) is 6.10 Å². The molecule has 0 aliphatic heterocycles. The molecule has 1 aliphatic rings. The Labute approximate surface area is 117 Å². The van der Waals surface area contributed by atoms with Crippen LogP contribution < -0.4 is 10.6 Å². The number of methoxy groups -OCH3 is 1. The zero-order chi connectivity index (χ0) is 14.3. The van der Waals surface area contributed by atoms with E-state index in [1.54, 1.807) is 18.9 Å². The highest BCUT2D eigenvalue weighted by atomic mass is 32.2. The number of carboxylic acid groups (broad SMARTS) is 1. The molecule has 19 heavy (non-hydrogen) atoms. The molecule has 0 bridgehead atoms. The number of amides is 2. The normalized spacial score (nSPS) is 23.9. The fourth-order valence-electron chi connectivity index (χ4n) is 2.16. The van der Waals surface area contributed by atoms with Crippen molar-refractivity contribution in [2.24, 2.45) is 0 Å². The van der Waals surface area contributed by atoms with Gasteiger partial charge in [-0.3, -0.25) is 0 Å². The zero-order valence-corrected chi connectivity index (χ0v) is 12.2. The minimum atomic E-state index is -0.995. The van der Waals surface area contributed by atoms with Gasteiger partial charge >= 0.3 is 12.0 Å². The van der Waals surface area contributed by atoms with Crippen molar-refractivity contribution in [3.8, 4) is 0 Å². The maximum absolute atomic E-state index is 11.7. The summed E-state index contributed by atoms with van der Waals surface area (Å²) in [5, 5.41) is 14.3. The van der Waals surface area contributed by atoms with Crippen LogP contribution in [0.1, 0.15) is 25.7 Å². The molecule has 0 saturated heterocycles. The van der Waals surface area contributed by atoms with E-state index in [1.165, 1.54) is 0 Å². The predicted octanol–water partition coefficient (Wildman–Crippen LogP) is 1.06. The van der Waals surface area contributed by atoms with Gasteiger partial charge in [0, 0.05) is 13.2 Å². The number of carbonyl (C=O) groups is 2. The summed E-state index contributed by atoms with van der Waals surface area (Å²) in [6.07, 6.45) is 5.10. The van der Waals surface area contributed by atoms with Gasteiger partial charge in [-0.15, -0.1) is 0 Å². The Bertz CT molecular complexity index is 314. The first-order valence-electron chi connectivity index (χ1n) is 6.38. The van der Waals surface area contributed by atoms with Crippen LogP contribution in [0.2, 0.25) is 0 Å². The third-order valence-corrected chi connectivity index (χ3v) is 3.91. The van der Waals surface area contributed by atoms with E-state index < -0.39 is 18.0 Å². The highest BCUT2D eigenvalue weighted by molar-refractivity contribution is 7.98. The van der Waals surface area contributed by atoms with E-state index in [2.05, 4.69) is 10.6 Å². The summed E-state index contributed by atoms with van der Waals surface area (Å²) in [5.41, 5.74) is 0. The van der Waals surface area contributed by atoms with Crippen LogP contribution in [-0.2, 0) is 9.53 Å². The van der Waals surface area contributed by atoms with Crippen LogP contribution in [0.4, 0.5) is 4.79 Å². The lowest BCUT2D eigenvalue weighted by Gasteiger charge is -2.17. The predicted molar refractivity (Wildman–Crippen MR) is 74.5 cm³/mol. The summed E-state index contributed by atoms with van der Waals surface area (Å²) < 4.78 is 5.23. The number of ether oxygens (including phenoxy) is 1. The smallest absolute Gasteiger partial charge is 0.326 e. The molecule has 110 valence electrons. The molecule has 0 aromatic carbocycles. The van der Waals surface area contributed by atoms with Crippen molar-refractivity contribution in [1.29, 1.82) is 0 Å². The van der Waals surface area contributed by atoms with Gasteiger partial charge in [0.15, 0.2) is 0 Å². The molecular weight excluding hydrogens is 268 g/mol. The largest absolute Gasteiger partial charge is 0.480 e. The third-order valence-electron chi connectivity index (χ3n) is 3.27. The van der Waals surface area contributed by atoms with Gasteiger partial charge in [-0.05, 0) is 37.7 Å². The first kappa shape index (κ1) is 16.1. The van der Waals surface area contributed by atoms with Gasteiger partial charge in [-0.25, -0.2) is 9.59 Å². The van der Waals surface area contributed by atoms with Gasteiger partial charge in [0.1, 0.15) is 6.04 Å². The van der Waals surface area contributed by atoms with E-state index >= 15 is 0 Å². The van der Waals surface area contributed by atoms with Crippen molar-refractivity contribution in [3.63, 3.8) is 0 Å². The van der Waals surface area contributed by atoms with Crippen LogP contribution in [0.5, 0.6) is 0 Å². The third kappa shape index (κ3) is 5.69. The second-order valence-electron chi connectivity index (χ2n) is 4.66. The summed E-state index contributed by atoms with van der Waals surface area (Å²) in [5.74, 6) is -0.294. The monoisotopic (exact) mass is 290 g/mol. The number of nitrogens with one attached hydrogen (secondary N) is 2. The Morgan fingerprint density at radius 2 is 2.21 bits per heavy atom. The molecule has 2 amide bonds. The molecule has 1 rings (SSSR count). The van der Waals surface area contributed by atoms with Gasteiger partial charge in [-0.2, -0.15) is 11.8 Å². The molecule has 0 aromatic heterocycles. The molecule has 0 heterocycles. The van der Waals surface area contributed by atoms with E-state index in [-0.39, 0.29) is 12.1 Å². The Balaban J connectivity index is 2.34. The standard InChI is InChI=1S/C12H22N2O4S/c1-18-9-4-3-8(7-9)13-12(17)14-10(11(15)16)5-6-19-2/h8-10H,3-7H2,1-2H3,(H,15,16)(H2,13,14,17)/t8?,9?,10-/m0/s1. The number of carboxylic acids is 1. The molecule has 3 atom stereocenters. The number of urea groups is 1. The van der Waals surface area contributed by atoms with Crippen molar-refractivity contribution in [2.75, 3.05) is 19.1 Å². The van der Waals surface area contributed by atoms with Crippen molar-refractivity contribution in [2.45, 2.75) is 43.9 Å². The molecule has 0 aromatic rings. The van der Waals surface area contributed by atoms with Gasteiger partial charge in [-0.1, -0.05) is 0 Å². The minimum Gasteiger partial charge on any atom is -0.480 e. The Hall–Kier alpha value is -0.950. The van der Waals surface area contributed by atoms with Crippen molar-refractivity contribution >= 4 is 23.8 Å². The van der Waals surface area contributed by atoms with E-state index in [1.807, 2.05) is 6.26 Å². The zero-order valence-electron chi connectivity index (χ0n) is 11.3. The highest BCUT2D eigenvalue weighted by Crippen LogP contribution is 2.21. The molecular formula is C12H22N2O4S. The molecule has 1 aliphatic carbocycles. The summed E-state index contributed by atoms with van der Waals surface area (Å²) >= 11 is 1.56. The fraction of sp³-hybridized carbons (Fsp3) is 0.833. The second kappa shape index (κ2) is 8.27. The van der Waals surface area contributed by atoms with Crippen molar-refractivity contribution in [1.82, 2.24) is 10.6 Å². The fourth-order valence-corrected chi connectivity index (χ4v) is 2.64.